The maximum Gasteiger partial charge on any atom is 0.330 e. The molecule has 0 saturated heterocycles. The Kier molecular flexibility index (Phi) is 5.48. The highest BCUT2D eigenvalue weighted by Crippen LogP contribution is 2.01. The Labute approximate surface area is 94.7 Å². The van der Waals surface area contributed by atoms with Gasteiger partial charge in [0, 0.05) is 6.08 Å². The van der Waals surface area contributed by atoms with Crippen LogP contribution in [0.4, 0.5) is 0 Å². The summed E-state index contributed by atoms with van der Waals surface area (Å²) in [5.74, 6) is 0.459. The maximum atomic E-state index is 10.9. The first-order valence-electron chi connectivity index (χ1n) is 5.04. The van der Waals surface area contributed by atoms with Crippen LogP contribution < -0.4 is 0 Å². The Morgan fingerprint density at radius 2 is 2.19 bits per heavy atom. The van der Waals surface area contributed by atoms with Crippen LogP contribution in [0.15, 0.2) is 53.2 Å². The highest BCUT2D eigenvalue weighted by Gasteiger charge is 1.89. The normalized spacial score (nSPS) is 11.8. The monoisotopic (exact) mass is 218 g/mol. The highest BCUT2D eigenvalue weighted by molar-refractivity contribution is 5.82. The largest absolute Gasteiger partial charge is 0.465 e. The Morgan fingerprint density at radius 1 is 1.38 bits per heavy atom. The smallest absolute Gasteiger partial charge is 0.330 e. The third-order valence-corrected chi connectivity index (χ3v) is 1.66. The fourth-order valence-electron chi connectivity index (χ4n) is 0.989. The van der Waals surface area contributed by atoms with Crippen molar-refractivity contribution < 1.29 is 13.9 Å². The molecule has 0 aliphatic rings. The second-order valence-electron chi connectivity index (χ2n) is 2.87. The van der Waals surface area contributed by atoms with Crippen LogP contribution >= 0.6 is 0 Å². The van der Waals surface area contributed by atoms with E-state index in [4.69, 9.17) is 9.15 Å². The number of esters is 1. The molecule has 0 aliphatic heterocycles. The molecule has 1 aromatic rings. The molecular weight excluding hydrogens is 204 g/mol. The molecule has 16 heavy (non-hydrogen) atoms. The minimum absolute atomic E-state index is 0.331. The van der Waals surface area contributed by atoms with Crippen molar-refractivity contribution in [2.75, 3.05) is 6.61 Å². The molecule has 1 heterocycles. The fourth-order valence-corrected chi connectivity index (χ4v) is 0.989. The van der Waals surface area contributed by atoms with Gasteiger partial charge in [-0.1, -0.05) is 24.3 Å². The number of furan rings is 1. The van der Waals surface area contributed by atoms with Gasteiger partial charge in [0.15, 0.2) is 0 Å². The third-order valence-electron chi connectivity index (χ3n) is 1.66. The van der Waals surface area contributed by atoms with Gasteiger partial charge in [-0.3, -0.25) is 0 Å². The van der Waals surface area contributed by atoms with Gasteiger partial charge in [-0.15, -0.1) is 0 Å². The van der Waals surface area contributed by atoms with E-state index in [0.717, 1.165) is 5.76 Å². The van der Waals surface area contributed by atoms with Crippen molar-refractivity contribution in [3.8, 4) is 0 Å². The van der Waals surface area contributed by atoms with Crippen LogP contribution in [0.25, 0.3) is 6.08 Å². The van der Waals surface area contributed by atoms with Crippen LogP contribution in [-0.4, -0.2) is 12.6 Å². The second kappa shape index (κ2) is 7.29. The molecule has 0 aliphatic carbocycles. The van der Waals surface area contributed by atoms with Crippen molar-refractivity contribution in [2.45, 2.75) is 6.92 Å². The number of carbonyl (C=O) groups excluding carboxylic acids is 1. The van der Waals surface area contributed by atoms with Gasteiger partial charge in [-0.25, -0.2) is 4.79 Å². The number of hydrogen-bond donors (Lipinski definition) is 0. The Hall–Kier alpha value is -2.03. The van der Waals surface area contributed by atoms with Gasteiger partial charge in [0.1, 0.15) is 5.76 Å². The van der Waals surface area contributed by atoms with Gasteiger partial charge in [-0.2, -0.15) is 0 Å². The van der Waals surface area contributed by atoms with Crippen LogP contribution in [0.1, 0.15) is 12.7 Å². The lowest BCUT2D eigenvalue weighted by Crippen LogP contribution is -1.98. The first kappa shape index (κ1) is 12.0. The summed E-state index contributed by atoms with van der Waals surface area (Å²) in [5, 5.41) is 0. The Morgan fingerprint density at radius 3 is 2.88 bits per heavy atom. The molecule has 0 saturated carbocycles. The first-order valence-corrected chi connectivity index (χ1v) is 5.04. The van der Waals surface area contributed by atoms with E-state index in [1.165, 1.54) is 6.08 Å². The van der Waals surface area contributed by atoms with E-state index in [1.54, 1.807) is 31.4 Å². The molecule has 0 radical (unpaired) electrons. The summed E-state index contributed by atoms with van der Waals surface area (Å²) in [4.78, 5) is 10.9. The average molecular weight is 218 g/mol. The molecule has 0 N–H and O–H groups in total. The second-order valence-corrected chi connectivity index (χ2v) is 2.87. The molecule has 84 valence electrons. The molecule has 1 aromatic heterocycles. The minimum Gasteiger partial charge on any atom is -0.465 e. The standard InChI is InChI=1S/C13H14O3/c1-2-15-13(14)10-6-4-3-5-8-12-9-7-11-16-12/h3-11H,2H2,1H3/b4-3+,8-5+,10-6+. The lowest BCUT2D eigenvalue weighted by Gasteiger charge is -1.92. The molecule has 0 aromatic carbocycles. The van der Waals surface area contributed by atoms with Crippen molar-refractivity contribution in [3.63, 3.8) is 0 Å². The van der Waals surface area contributed by atoms with Crippen molar-refractivity contribution in [3.05, 3.63) is 54.5 Å². The molecule has 1 rings (SSSR count). The van der Waals surface area contributed by atoms with Gasteiger partial charge in [0.2, 0.25) is 0 Å². The van der Waals surface area contributed by atoms with Gasteiger partial charge in [-0.05, 0) is 25.1 Å². The van der Waals surface area contributed by atoms with Crippen LogP contribution in [-0.2, 0) is 9.53 Å². The van der Waals surface area contributed by atoms with E-state index in [1.807, 2.05) is 24.3 Å². The molecule has 0 bridgehead atoms. The molecular formula is C13H14O3. The minimum atomic E-state index is -0.331. The maximum absolute atomic E-state index is 10.9. The lowest BCUT2D eigenvalue weighted by molar-refractivity contribution is -0.137. The Bertz CT molecular complexity index is 383. The summed E-state index contributed by atoms with van der Waals surface area (Å²) in [5.41, 5.74) is 0. The van der Waals surface area contributed by atoms with Crippen molar-refractivity contribution in [1.29, 1.82) is 0 Å². The quantitative estimate of drug-likeness (QED) is 0.433. The zero-order valence-corrected chi connectivity index (χ0v) is 9.13. The molecule has 3 nitrogen and oxygen atoms in total. The van der Waals surface area contributed by atoms with Gasteiger partial charge in [0.25, 0.3) is 0 Å². The average Bonchev–Trinajstić information content (AvgIpc) is 2.76. The molecule has 0 fully saturated rings. The number of carbonyl (C=O) groups is 1. The summed E-state index contributed by atoms with van der Waals surface area (Å²) >= 11 is 0. The number of rotatable bonds is 5. The summed E-state index contributed by atoms with van der Waals surface area (Å²) < 4.78 is 9.81. The van der Waals surface area contributed by atoms with E-state index in [2.05, 4.69) is 0 Å². The lowest BCUT2D eigenvalue weighted by atomic mass is 10.3. The highest BCUT2D eigenvalue weighted by atomic mass is 16.5. The number of allylic oxidation sites excluding steroid dienone is 4. The summed E-state index contributed by atoms with van der Waals surface area (Å²) in [6.07, 6.45) is 11.8. The number of hydrogen-bond acceptors (Lipinski definition) is 3. The fraction of sp³-hybridized carbons (Fsp3) is 0.154. The topological polar surface area (TPSA) is 39.4 Å². The van der Waals surface area contributed by atoms with Crippen LogP contribution in [0.2, 0.25) is 0 Å². The third kappa shape index (κ3) is 5.00. The van der Waals surface area contributed by atoms with Crippen molar-refractivity contribution in [2.24, 2.45) is 0 Å². The predicted molar refractivity (Wildman–Crippen MR) is 62.7 cm³/mol. The van der Waals surface area contributed by atoms with Gasteiger partial charge < -0.3 is 9.15 Å². The van der Waals surface area contributed by atoms with E-state index < -0.39 is 0 Å². The van der Waals surface area contributed by atoms with E-state index in [9.17, 15) is 4.79 Å². The summed E-state index contributed by atoms with van der Waals surface area (Å²) in [6.45, 7) is 2.17. The Balaban J connectivity index is 2.30. The van der Waals surface area contributed by atoms with Gasteiger partial charge in [0.05, 0.1) is 12.9 Å². The molecule has 0 spiro atoms. The zero-order chi connectivity index (χ0) is 11.6. The number of ether oxygens (including phenoxy) is 1. The summed E-state index contributed by atoms with van der Waals surface area (Å²) in [7, 11) is 0. The zero-order valence-electron chi connectivity index (χ0n) is 9.13. The first-order chi connectivity index (χ1) is 7.83. The van der Waals surface area contributed by atoms with Crippen molar-refractivity contribution >= 4 is 12.0 Å². The van der Waals surface area contributed by atoms with Crippen molar-refractivity contribution in [1.82, 2.24) is 0 Å². The SMILES string of the molecule is CCOC(=O)/C=C/C=C/C=C/c1ccco1. The van der Waals surface area contributed by atoms with Gasteiger partial charge >= 0.3 is 5.97 Å². The predicted octanol–water partition coefficient (Wildman–Crippen LogP) is 2.97. The van der Waals surface area contributed by atoms with Crippen LogP contribution in [0.5, 0.6) is 0 Å². The van der Waals surface area contributed by atoms with E-state index in [-0.39, 0.29) is 5.97 Å². The molecule has 0 amide bonds. The molecule has 3 heteroatoms. The van der Waals surface area contributed by atoms with E-state index in [0.29, 0.717) is 6.61 Å². The van der Waals surface area contributed by atoms with Crippen LogP contribution in [0, 0.1) is 0 Å². The summed E-state index contributed by atoms with van der Waals surface area (Å²) in [6, 6.07) is 3.68. The molecule has 0 unspecified atom stereocenters. The van der Waals surface area contributed by atoms with Crippen LogP contribution in [0.3, 0.4) is 0 Å². The molecule has 0 atom stereocenters. The van der Waals surface area contributed by atoms with E-state index >= 15 is 0 Å².